The molecule has 1 amide bonds. The summed E-state index contributed by atoms with van der Waals surface area (Å²) in [4.78, 5) is 31.4. The van der Waals surface area contributed by atoms with Crippen LogP contribution in [0.1, 0.15) is 28.8 Å². The smallest absolute Gasteiger partial charge is 0.261 e. The summed E-state index contributed by atoms with van der Waals surface area (Å²) < 4.78 is 24.6. The number of amides is 1. The number of nitrogens with one attached hydrogen (secondary N) is 1. The van der Waals surface area contributed by atoms with Crippen LogP contribution in [0.25, 0.3) is 33.4 Å². The van der Waals surface area contributed by atoms with Gasteiger partial charge in [0.2, 0.25) is 5.43 Å². The molecule has 2 aromatic carbocycles. The van der Waals surface area contributed by atoms with Crippen LogP contribution in [0.15, 0.2) is 84.3 Å². The first-order valence-electron chi connectivity index (χ1n) is 14.5. The van der Waals surface area contributed by atoms with E-state index in [0.717, 1.165) is 35.1 Å². The number of pyridine rings is 2. The number of carbonyl (C=O) groups is 1. The number of carbonyl (C=O) groups excluding carboxylic acids is 1. The van der Waals surface area contributed by atoms with Gasteiger partial charge in [0.15, 0.2) is 0 Å². The van der Waals surface area contributed by atoms with E-state index in [2.05, 4.69) is 15.4 Å². The predicted molar refractivity (Wildman–Crippen MR) is 169 cm³/mol. The first kappa shape index (κ1) is 29.0. The lowest BCUT2D eigenvalue weighted by molar-refractivity contribution is 0.0612. The van der Waals surface area contributed by atoms with Crippen molar-refractivity contribution in [3.63, 3.8) is 0 Å². The molecule has 9 nitrogen and oxygen atoms in total. The van der Waals surface area contributed by atoms with Gasteiger partial charge in [-0.05, 0) is 55.5 Å². The van der Waals surface area contributed by atoms with Crippen molar-refractivity contribution in [2.75, 3.05) is 24.3 Å². The Morgan fingerprint density at radius 2 is 1.75 bits per heavy atom. The summed E-state index contributed by atoms with van der Waals surface area (Å²) in [5.41, 5.74) is 10.4. The number of anilines is 2. The number of nitrogens with two attached hydrogens (primary N) is 1. The molecular formula is C34H33FN6O3. The number of ether oxygens (including phenoxy) is 1. The first-order chi connectivity index (χ1) is 21.2. The molecule has 10 heteroatoms. The fourth-order valence-electron chi connectivity index (χ4n) is 5.49. The molecule has 1 fully saturated rings. The van der Waals surface area contributed by atoms with Crippen molar-refractivity contribution in [3.8, 4) is 33.4 Å². The SMILES string of the molecule is Cc1ccc(-c2cn(CC3CCOCC3)cc(C(=O)Nc3ccc(-c4cc(-c5cnn(C)c5)cnc4N)c(F)c3)c2=O)cc1. The van der Waals surface area contributed by atoms with Crippen molar-refractivity contribution >= 4 is 17.4 Å². The maximum Gasteiger partial charge on any atom is 0.261 e. The van der Waals surface area contributed by atoms with Gasteiger partial charge in [-0.2, -0.15) is 5.10 Å². The summed E-state index contributed by atoms with van der Waals surface area (Å²) >= 11 is 0. The average molecular weight is 593 g/mol. The van der Waals surface area contributed by atoms with Crippen molar-refractivity contribution in [1.82, 2.24) is 19.3 Å². The number of benzene rings is 2. The van der Waals surface area contributed by atoms with Crippen molar-refractivity contribution in [3.05, 3.63) is 107 Å². The Bertz CT molecular complexity index is 1890. The van der Waals surface area contributed by atoms with Crippen LogP contribution in [-0.2, 0) is 18.3 Å². The fourth-order valence-corrected chi connectivity index (χ4v) is 5.49. The predicted octanol–water partition coefficient (Wildman–Crippen LogP) is 5.69. The third-order valence-electron chi connectivity index (χ3n) is 7.97. The summed E-state index contributed by atoms with van der Waals surface area (Å²) in [5, 5.41) is 6.90. The number of rotatable bonds is 7. The quantitative estimate of drug-likeness (QED) is 0.251. The Balaban J connectivity index is 1.30. The molecule has 0 unspecified atom stereocenters. The van der Waals surface area contributed by atoms with Crippen LogP contribution in [0.2, 0.25) is 0 Å². The molecular weight excluding hydrogens is 559 g/mol. The highest BCUT2D eigenvalue weighted by Crippen LogP contribution is 2.32. The van der Waals surface area contributed by atoms with E-state index in [1.165, 1.54) is 12.1 Å². The molecule has 5 aromatic rings. The van der Waals surface area contributed by atoms with Crippen LogP contribution in [0.4, 0.5) is 15.9 Å². The standard InChI is InChI=1S/C34H33FN6O3/c1-21-3-5-23(6-4-21)29-19-41(17-22-9-11-44-12-10-22)20-30(32(29)42)34(43)39-26-7-8-27(31(35)14-26)28-13-24(15-37-33(28)36)25-16-38-40(2)18-25/h3-8,13-16,18-20,22H,9-12,17H2,1-2H3,(H2,36,37)(H,39,43). The zero-order valence-electron chi connectivity index (χ0n) is 24.6. The van der Waals surface area contributed by atoms with E-state index >= 15 is 4.39 Å². The summed E-state index contributed by atoms with van der Waals surface area (Å²) in [5.74, 6) is -0.666. The Morgan fingerprint density at radius 1 is 0.977 bits per heavy atom. The largest absolute Gasteiger partial charge is 0.383 e. The summed E-state index contributed by atoms with van der Waals surface area (Å²) in [7, 11) is 1.81. The van der Waals surface area contributed by atoms with Gasteiger partial charge in [0.1, 0.15) is 17.2 Å². The van der Waals surface area contributed by atoms with Crippen LogP contribution >= 0.6 is 0 Å². The van der Waals surface area contributed by atoms with Crippen molar-refractivity contribution in [1.29, 1.82) is 0 Å². The van der Waals surface area contributed by atoms with E-state index in [4.69, 9.17) is 10.5 Å². The molecule has 3 N–H and O–H groups in total. The zero-order valence-corrected chi connectivity index (χ0v) is 24.6. The molecule has 0 spiro atoms. The van der Waals surface area contributed by atoms with E-state index < -0.39 is 17.2 Å². The zero-order chi connectivity index (χ0) is 30.8. The lowest BCUT2D eigenvalue weighted by Gasteiger charge is -2.23. The number of aryl methyl sites for hydroxylation is 2. The van der Waals surface area contributed by atoms with Crippen molar-refractivity contribution in [2.45, 2.75) is 26.3 Å². The topological polar surface area (TPSA) is 117 Å². The number of halogens is 1. The fraction of sp³-hybridized carbons (Fsp3) is 0.235. The highest BCUT2D eigenvalue weighted by molar-refractivity contribution is 6.04. The first-order valence-corrected chi connectivity index (χ1v) is 14.5. The van der Waals surface area contributed by atoms with Gasteiger partial charge in [-0.3, -0.25) is 14.3 Å². The Morgan fingerprint density at radius 3 is 2.45 bits per heavy atom. The minimum atomic E-state index is -0.614. The van der Waals surface area contributed by atoms with E-state index in [1.54, 1.807) is 35.4 Å². The maximum atomic E-state index is 15.5. The average Bonchev–Trinajstić information content (AvgIpc) is 3.45. The van der Waals surface area contributed by atoms with Crippen LogP contribution in [0, 0.1) is 18.7 Å². The van der Waals surface area contributed by atoms with Crippen LogP contribution in [-0.4, -0.2) is 38.5 Å². The second-order valence-corrected chi connectivity index (χ2v) is 11.2. The molecule has 1 aliphatic heterocycles. The molecule has 3 aromatic heterocycles. The van der Waals surface area contributed by atoms with Gasteiger partial charge in [0, 0.05) is 85.1 Å². The molecule has 0 atom stereocenters. The van der Waals surface area contributed by atoms with Gasteiger partial charge >= 0.3 is 0 Å². The van der Waals surface area contributed by atoms with Crippen LogP contribution in [0.5, 0.6) is 0 Å². The van der Waals surface area contributed by atoms with Crippen LogP contribution < -0.4 is 16.5 Å². The van der Waals surface area contributed by atoms with E-state index in [-0.39, 0.29) is 22.6 Å². The number of aromatic nitrogens is 4. The second-order valence-electron chi connectivity index (χ2n) is 11.2. The molecule has 0 bridgehead atoms. The Hall–Kier alpha value is -5.09. The third kappa shape index (κ3) is 6.16. The molecule has 224 valence electrons. The highest BCUT2D eigenvalue weighted by atomic mass is 19.1. The lowest BCUT2D eigenvalue weighted by Crippen LogP contribution is -2.26. The van der Waals surface area contributed by atoms with Gasteiger partial charge in [0.05, 0.1) is 6.20 Å². The highest BCUT2D eigenvalue weighted by Gasteiger charge is 2.20. The Kier molecular flexibility index (Phi) is 8.08. The molecule has 0 aliphatic carbocycles. The number of nitrogen functional groups attached to an aromatic ring is 1. The maximum absolute atomic E-state index is 15.5. The molecule has 1 aliphatic rings. The summed E-state index contributed by atoms with van der Waals surface area (Å²) in [6, 6.07) is 13.7. The van der Waals surface area contributed by atoms with Gasteiger partial charge in [-0.15, -0.1) is 0 Å². The third-order valence-corrected chi connectivity index (χ3v) is 7.97. The van der Waals surface area contributed by atoms with Gasteiger partial charge in [-0.25, -0.2) is 9.37 Å². The van der Waals surface area contributed by atoms with E-state index in [9.17, 15) is 9.59 Å². The minimum absolute atomic E-state index is 0.0164. The van der Waals surface area contributed by atoms with Gasteiger partial charge in [0.25, 0.3) is 5.91 Å². The van der Waals surface area contributed by atoms with Crippen molar-refractivity contribution < 1.29 is 13.9 Å². The van der Waals surface area contributed by atoms with E-state index in [0.29, 0.717) is 36.8 Å². The number of nitrogens with zero attached hydrogens (tertiary/aromatic N) is 4. The molecule has 44 heavy (non-hydrogen) atoms. The Labute approximate surface area is 254 Å². The second kappa shape index (κ2) is 12.3. The summed E-state index contributed by atoms with van der Waals surface area (Å²) in [6.45, 7) is 4.02. The van der Waals surface area contributed by atoms with Crippen LogP contribution in [0.3, 0.4) is 0 Å². The normalized spacial score (nSPS) is 13.6. The van der Waals surface area contributed by atoms with Gasteiger partial charge < -0.3 is 20.4 Å². The van der Waals surface area contributed by atoms with E-state index in [1.807, 2.05) is 55.2 Å². The summed E-state index contributed by atoms with van der Waals surface area (Å²) in [6.07, 6.45) is 10.4. The van der Waals surface area contributed by atoms with Crippen molar-refractivity contribution in [2.24, 2.45) is 13.0 Å². The molecule has 6 rings (SSSR count). The molecule has 0 saturated carbocycles. The lowest BCUT2D eigenvalue weighted by atomic mass is 9.99. The number of hydrogen-bond acceptors (Lipinski definition) is 6. The number of hydrogen-bond donors (Lipinski definition) is 2. The molecule has 1 saturated heterocycles. The minimum Gasteiger partial charge on any atom is -0.383 e. The van der Waals surface area contributed by atoms with Gasteiger partial charge in [-0.1, -0.05) is 29.8 Å². The molecule has 0 radical (unpaired) electrons. The monoisotopic (exact) mass is 592 g/mol. The molecule has 4 heterocycles.